The molecule has 1 aromatic carbocycles. The van der Waals surface area contributed by atoms with Crippen LogP contribution in [0.4, 0.5) is 0 Å². The molecule has 1 fully saturated rings. The lowest BCUT2D eigenvalue weighted by Crippen LogP contribution is -2.42. The molecule has 0 spiro atoms. The summed E-state index contributed by atoms with van der Waals surface area (Å²) >= 11 is 0. The monoisotopic (exact) mass is 383 g/mol. The predicted octanol–water partition coefficient (Wildman–Crippen LogP) is 3.49. The Morgan fingerprint density at radius 3 is 2.46 bits per heavy atom. The van der Waals surface area contributed by atoms with Crippen molar-refractivity contribution in [1.82, 2.24) is 20.5 Å². The van der Waals surface area contributed by atoms with Crippen molar-refractivity contribution in [1.29, 1.82) is 0 Å². The molecule has 152 valence electrons. The molecule has 28 heavy (non-hydrogen) atoms. The van der Waals surface area contributed by atoms with Gasteiger partial charge in [-0.25, -0.2) is 9.98 Å². The van der Waals surface area contributed by atoms with Gasteiger partial charge in [0.1, 0.15) is 12.3 Å². The van der Waals surface area contributed by atoms with Crippen LogP contribution in [-0.2, 0) is 6.54 Å². The van der Waals surface area contributed by atoms with Crippen molar-refractivity contribution in [2.45, 2.75) is 53.1 Å². The van der Waals surface area contributed by atoms with E-state index in [-0.39, 0.29) is 0 Å². The molecule has 1 aromatic heterocycles. The molecule has 0 aliphatic carbocycles. The zero-order chi connectivity index (χ0) is 19.9. The summed E-state index contributed by atoms with van der Waals surface area (Å²) in [6, 6.07) is 9.25. The van der Waals surface area contributed by atoms with Gasteiger partial charge in [-0.15, -0.1) is 0 Å². The van der Waals surface area contributed by atoms with E-state index in [1.807, 2.05) is 13.8 Å². The second kappa shape index (κ2) is 9.73. The van der Waals surface area contributed by atoms with Crippen LogP contribution < -0.4 is 10.6 Å². The molecule has 0 bridgehead atoms. The van der Waals surface area contributed by atoms with Gasteiger partial charge in [-0.1, -0.05) is 29.8 Å². The zero-order valence-corrected chi connectivity index (χ0v) is 17.6. The number of nitrogens with zero attached hydrogens (tertiary/aromatic N) is 3. The van der Waals surface area contributed by atoms with Gasteiger partial charge in [0.15, 0.2) is 5.96 Å². The maximum atomic E-state index is 5.65. The molecular weight excluding hydrogens is 350 g/mol. The molecule has 2 N–H and O–H groups in total. The maximum absolute atomic E-state index is 5.65. The van der Waals surface area contributed by atoms with E-state index in [1.54, 1.807) is 0 Å². The number of likely N-dealkylation sites (tertiary alicyclic amines) is 1. The summed E-state index contributed by atoms with van der Waals surface area (Å²) < 4.78 is 5.65. The standard InChI is InChI=1S/C22H33N5O/c1-5-23-22(25-15-21-26-17(3)18(4)28-21)24-14-20(27-12-6-7-13-27)19-10-8-16(2)9-11-19/h8-11,20H,5-7,12-15H2,1-4H3,(H2,23,24,25). The molecule has 2 heterocycles. The topological polar surface area (TPSA) is 65.7 Å². The number of hydrogen-bond acceptors (Lipinski definition) is 4. The molecule has 3 rings (SSSR count). The lowest BCUT2D eigenvalue weighted by Gasteiger charge is -2.29. The normalized spacial score (nSPS) is 16.4. The van der Waals surface area contributed by atoms with Crippen LogP contribution in [0.3, 0.4) is 0 Å². The first-order valence-electron chi connectivity index (χ1n) is 10.3. The molecule has 0 amide bonds. The Bertz CT molecular complexity index is 755. The first kappa shape index (κ1) is 20.4. The largest absolute Gasteiger partial charge is 0.444 e. The number of hydrogen-bond donors (Lipinski definition) is 2. The summed E-state index contributed by atoms with van der Waals surface area (Å²) in [5, 5.41) is 6.86. The average Bonchev–Trinajstić information content (AvgIpc) is 3.31. The Hall–Kier alpha value is -2.34. The van der Waals surface area contributed by atoms with Gasteiger partial charge in [-0.3, -0.25) is 4.90 Å². The number of oxazole rings is 1. The smallest absolute Gasteiger partial charge is 0.216 e. The van der Waals surface area contributed by atoms with Crippen LogP contribution in [0.25, 0.3) is 0 Å². The summed E-state index contributed by atoms with van der Waals surface area (Å²) in [6.07, 6.45) is 2.55. The Morgan fingerprint density at radius 2 is 1.86 bits per heavy atom. The van der Waals surface area contributed by atoms with E-state index < -0.39 is 0 Å². The number of benzene rings is 1. The zero-order valence-electron chi connectivity index (χ0n) is 17.6. The number of aryl methyl sites for hydroxylation is 3. The summed E-state index contributed by atoms with van der Waals surface area (Å²) in [6.45, 7) is 12.5. The van der Waals surface area contributed by atoms with E-state index in [1.165, 1.54) is 24.0 Å². The van der Waals surface area contributed by atoms with Gasteiger partial charge in [0.25, 0.3) is 0 Å². The van der Waals surface area contributed by atoms with E-state index in [2.05, 4.69) is 63.6 Å². The van der Waals surface area contributed by atoms with Crippen LogP contribution in [0.1, 0.15) is 54.3 Å². The SMILES string of the molecule is CCNC(=NCc1nc(C)c(C)o1)NCC(c1ccc(C)cc1)N1CCCC1. The first-order chi connectivity index (χ1) is 13.6. The lowest BCUT2D eigenvalue weighted by atomic mass is 10.0. The minimum absolute atomic E-state index is 0.346. The van der Waals surface area contributed by atoms with Gasteiger partial charge in [-0.2, -0.15) is 0 Å². The minimum atomic E-state index is 0.346. The van der Waals surface area contributed by atoms with Crippen LogP contribution in [-0.4, -0.2) is 42.0 Å². The van der Waals surface area contributed by atoms with Gasteiger partial charge >= 0.3 is 0 Å². The van der Waals surface area contributed by atoms with Gasteiger partial charge < -0.3 is 15.1 Å². The molecule has 0 saturated carbocycles. The molecule has 0 radical (unpaired) electrons. The molecule has 1 aliphatic heterocycles. The second-order valence-electron chi connectivity index (χ2n) is 7.49. The molecule has 1 unspecified atom stereocenters. The fraction of sp³-hybridized carbons (Fsp3) is 0.545. The molecule has 2 aromatic rings. The molecule has 1 atom stereocenters. The van der Waals surface area contributed by atoms with Crippen LogP contribution in [0.5, 0.6) is 0 Å². The molecule has 6 nitrogen and oxygen atoms in total. The predicted molar refractivity (Wildman–Crippen MR) is 114 cm³/mol. The van der Waals surface area contributed by atoms with E-state index in [9.17, 15) is 0 Å². The van der Waals surface area contributed by atoms with E-state index >= 15 is 0 Å². The summed E-state index contributed by atoms with van der Waals surface area (Å²) in [5.41, 5.74) is 3.58. The Labute approximate surface area is 168 Å². The highest BCUT2D eigenvalue weighted by molar-refractivity contribution is 5.79. The maximum Gasteiger partial charge on any atom is 0.216 e. The number of aliphatic imine (C=N–C) groups is 1. The fourth-order valence-corrected chi connectivity index (χ4v) is 3.59. The highest BCUT2D eigenvalue weighted by Crippen LogP contribution is 2.24. The fourth-order valence-electron chi connectivity index (χ4n) is 3.59. The summed E-state index contributed by atoms with van der Waals surface area (Å²) in [5.74, 6) is 2.31. The van der Waals surface area contributed by atoms with Crippen molar-refractivity contribution < 1.29 is 4.42 Å². The van der Waals surface area contributed by atoms with Gasteiger partial charge in [0, 0.05) is 13.1 Å². The van der Waals surface area contributed by atoms with E-state index in [4.69, 9.17) is 4.42 Å². The average molecular weight is 384 g/mol. The van der Waals surface area contributed by atoms with Gasteiger partial charge in [0.2, 0.25) is 5.89 Å². The van der Waals surface area contributed by atoms with Crippen LogP contribution in [0.15, 0.2) is 33.7 Å². The van der Waals surface area contributed by atoms with Crippen LogP contribution >= 0.6 is 0 Å². The van der Waals surface area contributed by atoms with Gasteiger partial charge in [0.05, 0.1) is 11.7 Å². The highest BCUT2D eigenvalue weighted by Gasteiger charge is 2.23. The van der Waals surface area contributed by atoms with Crippen molar-refractivity contribution in [3.63, 3.8) is 0 Å². The van der Waals surface area contributed by atoms with Crippen molar-refractivity contribution in [3.05, 3.63) is 52.7 Å². The van der Waals surface area contributed by atoms with Crippen LogP contribution in [0.2, 0.25) is 0 Å². The second-order valence-corrected chi connectivity index (χ2v) is 7.49. The van der Waals surface area contributed by atoms with Crippen molar-refractivity contribution in [2.24, 2.45) is 4.99 Å². The highest BCUT2D eigenvalue weighted by atomic mass is 16.4. The molecule has 6 heteroatoms. The summed E-state index contributed by atoms with van der Waals surface area (Å²) in [4.78, 5) is 11.7. The van der Waals surface area contributed by atoms with E-state index in [0.29, 0.717) is 18.5 Å². The number of aromatic nitrogens is 1. The summed E-state index contributed by atoms with van der Waals surface area (Å²) in [7, 11) is 0. The van der Waals surface area contributed by atoms with Crippen molar-refractivity contribution in [3.8, 4) is 0 Å². The van der Waals surface area contributed by atoms with E-state index in [0.717, 1.165) is 43.6 Å². The lowest BCUT2D eigenvalue weighted by molar-refractivity contribution is 0.245. The third-order valence-electron chi connectivity index (χ3n) is 5.30. The van der Waals surface area contributed by atoms with Gasteiger partial charge in [-0.05, 0) is 59.2 Å². The Kier molecular flexibility index (Phi) is 7.09. The Morgan fingerprint density at radius 1 is 1.14 bits per heavy atom. The third kappa shape index (κ3) is 5.35. The number of nitrogens with one attached hydrogen (secondary N) is 2. The minimum Gasteiger partial charge on any atom is -0.444 e. The number of guanidine groups is 1. The van der Waals surface area contributed by atoms with Crippen LogP contribution in [0, 0.1) is 20.8 Å². The van der Waals surface area contributed by atoms with Crippen molar-refractivity contribution >= 4 is 5.96 Å². The first-order valence-corrected chi connectivity index (χ1v) is 10.3. The Balaban J connectivity index is 1.69. The number of rotatable bonds is 7. The molecule has 1 aliphatic rings. The third-order valence-corrected chi connectivity index (χ3v) is 5.30. The quantitative estimate of drug-likeness (QED) is 0.566. The van der Waals surface area contributed by atoms with Crippen molar-refractivity contribution in [2.75, 3.05) is 26.2 Å². The molecule has 1 saturated heterocycles. The molecular formula is C22H33N5O.